The van der Waals surface area contributed by atoms with Crippen molar-refractivity contribution < 1.29 is 32.3 Å². The molecule has 2 aliphatic rings. The van der Waals surface area contributed by atoms with Gasteiger partial charge in [-0.2, -0.15) is 13.2 Å². The van der Waals surface area contributed by atoms with Gasteiger partial charge in [0.15, 0.2) is 6.29 Å². The first-order valence-corrected chi connectivity index (χ1v) is 11.0. The number of amides is 3. The Hall–Kier alpha value is -3.80. The van der Waals surface area contributed by atoms with Crippen LogP contribution in [-0.4, -0.2) is 36.8 Å². The molecular weight excluding hydrogens is 467 g/mol. The lowest BCUT2D eigenvalue weighted by atomic mass is 9.81. The van der Waals surface area contributed by atoms with Crippen molar-refractivity contribution in [2.24, 2.45) is 11.8 Å². The quantitative estimate of drug-likeness (QED) is 0.423. The molecule has 0 spiro atoms. The Kier molecular flexibility index (Phi) is 6.83. The molecular formula is C23H24F3N5O4. The summed E-state index contributed by atoms with van der Waals surface area (Å²) in [5, 5.41) is 13.7. The van der Waals surface area contributed by atoms with Crippen LogP contribution in [0, 0.1) is 11.8 Å². The first kappa shape index (κ1) is 24.3. The molecule has 12 heteroatoms. The summed E-state index contributed by atoms with van der Waals surface area (Å²) >= 11 is 0. The molecule has 0 aliphatic carbocycles. The van der Waals surface area contributed by atoms with Crippen LogP contribution in [-0.2, 0) is 20.6 Å². The van der Waals surface area contributed by atoms with Gasteiger partial charge >= 0.3 is 6.18 Å². The molecule has 0 aromatic heterocycles. The van der Waals surface area contributed by atoms with Gasteiger partial charge in [0.1, 0.15) is 5.75 Å². The molecule has 0 radical (unpaired) electrons. The fourth-order valence-corrected chi connectivity index (χ4v) is 4.18. The maximum atomic E-state index is 13.1. The van der Waals surface area contributed by atoms with Crippen molar-refractivity contribution in [1.82, 2.24) is 16.0 Å². The standard InChI is InChI=1S/C23H24F3N5O4/c1-2-35-16-9-4-3-8-15(16)28-20(33)14-11-17(32)29-19-18(14)21(34)31-22(30-19)27-13-7-5-6-12(10-13)23(24,25)26/h3-10,14,18-19,22,27,30H,2,11H2,1H3,(H,28,33)(H,29,32)(H,31,34). The Bertz CT molecular complexity index is 1130. The van der Waals surface area contributed by atoms with Crippen molar-refractivity contribution in [3.63, 3.8) is 0 Å². The number of para-hydroxylation sites is 2. The summed E-state index contributed by atoms with van der Waals surface area (Å²) in [7, 11) is 0. The van der Waals surface area contributed by atoms with Crippen LogP contribution in [0.1, 0.15) is 18.9 Å². The summed E-state index contributed by atoms with van der Waals surface area (Å²) in [6.07, 6.45) is -6.62. The summed E-state index contributed by atoms with van der Waals surface area (Å²) in [5.74, 6) is -2.96. The molecule has 9 nitrogen and oxygen atoms in total. The molecule has 2 fully saturated rings. The van der Waals surface area contributed by atoms with Gasteiger partial charge < -0.3 is 26.0 Å². The highest BCUT2D eigenvalue weighted by Crippen LogP contribution is 2.32. The second-order valence-corrected chi connectivity index (χ2v) is 8.13. The molecule has 2 saturated heterocycles. The van der Waals surface area contributed by atoms with Crippen molar-refractivity contribution in [3.05, 3.63) is 54.1 Å². The Labute approximate surface area is 198 Å². The fourth-order valence-electron chi connectivity index (χ4n) is 4.18. The molecule has 2 aliphatic heterocycles. The topological polar surface area (TPSA) is 121 Å². The average molecular weight is 491 g/mol. The largest absolute Gasteiger partial charge is 0.492 e. The Morgan fingerprint density at radius 2 is 1.89 bits per heavy atom. The molecule has 4 atom stereocenters. The second-order valence-electron chi connectivity index (χ2n) is 8.13. The first-order valence-electron chi connectivity index (χ1n) is 11.0. The van der Waals surface area contributed by atoms with Crippen LogP contribution in [0.2, 0.25) is 0 Å². The first-order chi connectivity index (χ1) is 16.7. The van der Waals surface area contributed by atoms with Crippen LogP contribution in [0.25, 0.3) is 0 Å². The van der Waals surface area contributed by atoms with Gasteiger partial charge in [0.05, 0.1) is 35.9 Å². The summed E-state index contributed by atoms with van der Waals surface area (Å²) in [6, 6.07) is 11.3. The van der Waals surface area contributed by atoms with E-state index in [1.165, 1.54) is 12.1 Å². The van der Waals surface area contributed by atoms with Crippen LogP contribution < -0.4 is 31.3 Å². The summed E-state index contributed by atoms with van der Waals surface area (Å²) in [5.41, 5.74) is -0.326. The molecule has 4 unspecified atom stereocenters. The van der Waals surface area contributed by atoms with E-state index in [0.29, 0.717) is 18.0 Å². The number of hydrogen-bond acceptors (Lipinski definition) is 6. The number of hydrogen-bond donors (Lipinski definition) is 5. The second kappa shape index (κ2) is 9.82. The van der Waals surface area contributed by atoms with Gasteiger partial charge in [-0.25, -0.2) is 0 Å². The lowest BCUT2D eigenvalue weighted by Crippen LogP contribution is -2.72. The van der Waals surface area contributed by atoms with Crippen molar-refractivity contribution in [2.75, 3.05) is 17.2 Å². The molecule has 2 heterocycles. The number of anilines is 2. The predicted octanol–water partition coefficient (Wildman–Crippen LogP) is 2.24. The minimum atomic E-state index is -4.52. The number of carbonyl (C=O) groups excluding carboxylic acids is 3. The molecule has 4 rings (SSSR count). The number of benzene rings is 2. The number of halogens is 3. The maximum absolute atomic E-state index is 13.1. The van der Waals surface area contributed by atoms with Gasteiger partial charge in [-0.3, -0.25) is 19.7 Å². The monoisotopic (exact) mass is 491 g/mol. The summed E-state index contributed by atoms with van der Waals surface area (Å²) in [6.45, 7) is 2.19. The number of rotatable bonds is 6. The molecule has 35 heavy (non-hydrogen) atoms. The summed E-state index contributed by atoms with van der Waals surface area (Å²) in [4.78, 5) is 38.4. The smallest absolute Gasteiger partial charge is 0.416 e. The van der Waals surface area contributed by atoms with Gasteiger partial charge in [0, 0.05) is 12.1 Å². The molecule has 3 amide bonds. The average Bonchev–Trinajstić information content (AvgIpc) is 2.79. The van der Waals surface area contributed by atoms with Crippen LogP contribution in [0.15, 0.2) is 48.5 Å². The minimum absolute atomic E-state index is 0.111. The highest BCUT2D eigenvalue weighted by atomic mass is 19.4. The molecule has 2 aromatic rings. The van der Waals surface area contributed by atoms with Crippen LogP contribution in [0.5, 0.6) is 5.75 Å². The lowest BCUT2D eigenvalue weighted by molar-refractivity contribution is -0.144. The number of nitrogens with one attached hydrogen (secondary N) is 5. The Balaban J connectivity index is 1.48. The highest BCUT2D eigenvalue weighted by molar-refractivity contribution is 6.00. The van der Waals surface area contributed by atoms with E-state index < -0.39 is 53.8 Å². The maximum Gasteiger partial charge on any atom is 0.416 e. The number of ether oxygens (including phenoxy) is 1. The fraction of sp³-hybridized carbons (Fsp3) is 0.348. The van der Waals surface area contributed by atoms with Gasteiger partial charge in [-0.15, -0.1) is 0 Å². The van der Waals surface area contributed by atoms with E-state index in [4.69, 9.17) is 4.74 Å². The van der Waals surface area contributed by atoms with E-state index in [0.717, 1.165) is 12.1 Å². The van der Waals surface area contributed by atoms with Gasteiger partial charge in [0.2, 0.25) is 17.7 Å². The SMILES string of the molecule is CCOc1ccccc1NC(=O)C1CC(=O)NC2NC(Nc3cccc(C(F)(F)F)c3)NC(=O)C21. The Morgan fingerprint density at radius 1 is 1.11 bits per heavy atom. The number of carbonyl (C=O) groups is 3. The zero-order chi connectivity index (χ0) is 25.2. The van der Waals surface area contributed by atoms with Crippen molar-refractivity contribution in [1.29, 1.82) is 0 Å². The molecule has 2 aromatic carbocycles. The van der Waals surface area contributed by atoms with Crippen LogP contribution >= 0.6 is 0 Å². The van der Waals surface area contributed by atoms with Crippen LogP contribution in [0.4, 0.5) is 24.5 Å². The lowest BCUT2D eigenvalue weighted by Gasteiger charge is -2.43. The third-order valence-electron chi connectivity index (χ3n) is 5.73. The molecule has 0 bridgehead atoms. The van der Waals surface area contributed by atoms with E-state index >= 15 is 0 Å². The van der Waals surface area contributed by atoms with E-state index in [1.54, 1.807) is 31.2 Å². The number of alkyl halides is 3. The predicted molar refractivity (Wildman–Crippen MR) is 120 cm³/mol. The number of piperidine rings is 1. The van der Waals surface area contributed by atoms with Crippen molar-refractivity contribution in [3.8, 4) is 5.75 Å². The third kappa shape index (κ3) is 5.48. The molecule has 0 saturated carbocycles. The zero-order valence-electron chi connectivity index (χ0n) is 18.6. The normalized spacial score (nSPS) is 24.0. The highest BCUT2D eigenvalue weighted by Gasteiger charge is 2.48. The molecule has 5 N–H and O–H groups in total. The Morgan fingerprint density at radius 3 is 2.63 bits per heavy atom. The van der Waals surface area contributed by atoms with E-state index in [-0.39, 0.29) is 12.1 Å². The van der Waals surface area contributed by atoms with Gasteiger partial charge in [-0.1, -0.05) is 18.2 Å². The van der Waals surface area contributed by atoms with E-state index in [2.05, 4.69) is 26.6 Å². The van der Waals surface area contributed by atoms with Crippen molar-refractivity contribution >= 4 is 29.1 Å². The third-order valence-corrected chi connectivity index (χ3v) is 5.73. The van der Waals surface area contributed by atoms with Gasteiger partial charge in [-0.05, 0) is 37.3 Å². The van der Waals surface area contributed by atoms with E-state index in [9.17, 15) is 27.6 Å². The van der Waals surface area contributed by atoms with Crippen molar-refractivity contribution in [2.45, 2.75) is 32.0 Å². The van der Waals surface area contributed by atoms with Gasteiger partial charge in [0.25, 0.3) is 0 Å². The number of fused-ring (bicyclic) bond motifs is 1. The minimum Gasteiger partial charge on any atom is -0.492 e. The molecule has 186 valence electrons. The van der Waals surface area contributed by atoms with Crippen LogP contribution in [0.3, 0.4) is 0 Å². The van der Waals surface area contributed by atoms with E-state index in [1.807, 2.05) is 0 Å². The summed E-state index contributed by atoms with van der Waals surface area (Å²) < 4.78 is 44.5. The zero-order valence-corrected chi connectivity index (χ0v) is 18.6.